The minimum atomic E-state index is -3.74. The van der Waals surface area contributed by atoms with Gasteiger partial charge in [0.1, 0.15) is 6.04 Å². The summed E-state index contributed by atoms with van der Waals surface area (Å²) in [5.41, 5.74) is 2.04. The van der Waals surface area contributed by atoms with Crippen LogP contribution in [0, 0.1) is 0 Å². The molecule has 1 atom stereocenters. The van der Waals surface area contributed by atoms with E-state index in [0.717, 1.165) is 16.1 Å². The van der Waals surface area contributed by atoms with Crippen molar-refractivity contribution in [2.24, 2.45) is 0 Å². The minimum absolute atomic E-state index is 0.215. The van der Waals surface area contributed by atoms with Gasteiger partial charge in [0.2, 0.25) is 15.9 Å². The molecule has 8 heteroatoms. The van der Waals surface area contributed by atoms with E-state index in [0.29, 0.717) is 16.6 Å². The zero-order chi connectivity index (χ0) is 21.1. The Morgan fingerprint density at radius 1 is 1.07 bits per heavy atom. The van der Waals surface area contributed by atoms with Crippen molar-refractivity contribution in [3.63, 3.8) is 0 Å². The number of hydrogen-bond donors (Lipinski definition) is 1. The average Bonchev–Trinajstić information content (AvgIpc) is 2.61. The first-order chi connectivity index (χ1) is 13.0. The van der Waals surface area contributed by atoms with E-state index in [1.165, 1.54) is 18.2 Å². The molecule has 152 valence electrons. The third kappa shape index (κ3) is 5.40. The van der Waals surface area contributed by atoms with Gasteiger partial charge in [0.15, 0.2) is 0 Å². The zero-order valence-electron chi connectivity index (χ0n) is 16.2. The molecule has 1 amide bonds. The Balaban J connectivity index is 2.34. The summed E-state index contributed by atoms with van der Waals surface area (Å²) in [6.45, 7) is 5.92. The summed E-state index contributed by atoms with van der Waals surface area (Å²) >= 11 is 12.0. The molecular weight excluding hydrogens is 419 g/mol. The Labute approximate surface area is 176 Å². The minimum Gasteiger partial charge on any atom is -0.324 e. The lowest BCUT2D eigenvalue weighted by molar-refractivity contribution is -0.117. The molecule has 0 heterocycles. The lowest BCUT2D eigenvalue weighted by Gasteiger charge is -2.30. The van der Waals surface area contributed by atoms with E-state index in [9.17, 15) is 13.2 Å². The van der Waals surface area contributed by atoms with Crippen molar-refractivity contribution >= 4 is 50.5 Å². The van der Waals surface area contributed by atoms with Gasteiger partial charge < -0.3 is 5.32 Å². The molecule has 0 aliphatic heterocycles. The molecular formula is C20H24Cl2N2O3S. The lowest BCUT2D eigenvalue weighted by atomic mass is 10.0. The van der Waals surface area contributed by atoms with Gasteiger partial charge in [-0.15, -0.1) is 0 Å². The standard InChI is InChI=1S/C20H24Cl2N2O3S/c1-5-19(20(25)23-15-8-6-14(7-9-15)13(2)3)24(28(4,26)27)16-10-11-17(21)18(22)12-16/h6-13,19H,5H2,1-4H3,(H,23,25)/t19-/m1/s1. The number of halogens is 2. The van der Waals surface area contributed by atoms with Gasteiger partial charge in [0.25, 0.3) is 0 Å². The first-order valence-electron chi connectivity index (χ1n) is 8.89. The third-order valence-corrected chi connectivity index (χ3v) is 6.25. The summed E-state index contributed by atoms with van der Waals surface area (Å²) in [6.07, 6.45) is 1.34. The second-order valence-electron chi connectivity index (χ2n) is 6.85. The maximum absolute atomic E-state index is 12.9. The Morgan fingerprint density at radius 3 is 2.14 bits per heavy atom. The fourth-order valence-corrected chi connectivity index (χ4v) is 4.36. The van der Waals surface area contributed by atoms with Gasteiger partial charge in [-0.05, 0) is 48.2 Å². The number of hydrogen-bond acceptors (Lipinski definition) is 3. The number of anilines is 2. The molecule has 0 aliphatic carbocycles. The molecule has 5 nitrogen and oxygen atoms in total. The van der Waals surface area contributed by atoms with Crippen molar-refractivity contribution in [2.75, 3.05) is 15.9 Å². The number of carbonyl (C=O) groups excluding carboxylic acids is 1. The fourth-order valence-electron chi connectivity index (χ4n) is 2.86. The van der Waals surface area contributed by atoms with E-state index in [2.05, 4.69) is 19.2 Å². The zero-order valence-corrected chi connectivity index (χ0v) is 18.6. The highest BCUT2D eigenvalue weighted by Gasteiger charge is 2.31. The predicted molar refractivity (Wildman–Crippen MR) is 117 cm³/mol. The molecule has 0 bridgehead atoms. The number of sulfonamides is 1. The van der Waals surface area contributed by atoms with Crippen molar-refractivity contribution in [3.8, 4) is 0 Å². The Hall–Kier alpha value is -1.76. The summed E-state index contributed by atoms with van der Waals surface area (Å²) in [5.74, 6) is -0.0418. The van der Waals surface area contributed by atoms with Gasteiger partial charge in [-0.25, -0.2) is 8.42 Å². The van der Waals surface area contributed by atoms with E-state index in [1.54, 1.807) is 6.92 Å². The lowest BCUT2D eigenvalue weighted by Crippen LogP contribution is -2.47. The van der Waals surface area contributed by atoms with Crippen LogP contribution in [-0.4, -0.2) is 26.6 Å². The predicted octanol–water partition coefficient (Wildman–Crippen LogP) is 5.30. The molecule has 0 aliphatic rings. The van der Waals surface area contributed by atoms with E-state index in [4.69, 9.17) is 23.2 Å². The summed E-state index contributed by atoms with van der Waals surface area (Å²) in [7, 11) is -3.74. The number of nitrogens with one attached hydrogen (secondary N) is 1. The number of carbonyl (C=O) groups is 1. The molecule has 0 saturated heterocycles. The summed E-state index contributed by atoms with van der Waals surface area (Å²) in [4.78, 5) is 12.9. The highest BCUT2D eigenvalue weighted by Crippen LogP contribution is 2.30. The van der Waals surface area contributed by atoms with Crippen molar-refractivity contribution in [1.29, 1.82) is 0 Å². The maximum atomic E-state index is 12.9. The SMILES string of the molecule is CC[C@H](C(=O)Nc1ccc(C(C)C)cc1)N(c1ccc(Cl)c(Cl)c1)S(C)(=O)=O. The van der Waals surface area contributed by atoms with E-state index in [-0.39, 0.29) is 17.1 Å². The van der Waals surface area contributed by atoms with Crippen molar-refractivity contribution in [1.82, 2.24) is 0 Å². The smallest absolute Gasteiger partial charge is 0.248 e. The normalized spacial score (nSPS) is 12.7. The van der Waals surface area contributed by atoms with Crippen molar-refractivity contribution in [2.45, 2.75) is 39.2 Å². The van der Waals surface area contributed by atoms with E-state index in [1.807, 2.05) is 24.3 Å². The van der Waals surface area contributed by atoms with Gasteiger partial charge in [-0.2, -0.15) is 0 Å². The van der Waals surface area contributed by atoms with Gasteiger partial charge in [-0.1, -0.05) is 56.1 Å². The molecule has 1 N–H and O–H groups in total. The Morgan fingerprint density at radius 2 is 1.68 bits per heavy atom. The molecule has 2 aromatic carbocycles. The molecule has 0 spiro atoms. The second kappa shape index (κ2) is 9.16. The second-order valence-corrected chi connectivity index (χ2v) is 9.52. The quantitative estimate of drug-likeness (QED) is 0.632. The monoisotopic (exact) mass is 442 g/mol. The topological polar surface area (TPSA) is 66.5 Å². The van der Waals surface area contributed by atoms with E-state index >= 15 is 0 Å². The van der Waals surface area contributed by atoms with Crippen LogP contribution in [0.25, 0.3) is 0 Å². The van der Waals surface area contributed by atoms with Crippen LogP contribution >= 0.6 is 23.2 Å². The van der Waals surface area contributed by atoms with Crippen LogP contribution in [0.5, 0.6) is 0 Å². The van der Waals surface area contributed by atoms with Gasteiger partial charge in [0.05, 0.1) is 22.0 Å². The number of amides is 1. The highest BCUT2D eigenvalue weighted by atomic mass is 35.5. The van der Waals surface area contributed by atoms with Crippen LogP contribution in [0.1, 0.15) is 38.7 Å². The Kier molecular flexibility index (Phi) is 7.37. The van der Waals surface area contributed by atoms with Gasteiger partial charge in [0, 0.05) is 5.69 Å². The maximum Gasteiger partial charge on any atom is 0.248 e. The van der Waals surface area contributed by atoms with Crippen LogP contribution in [0.4, 0.5) is 11.4 Å². The Bertz CT molecular complexity index is 944. The average molecular weight is 443 g/mol. The molecule has 28 heavy (non-hydrogen) atoms. The number of rotatable bonds is 7. The fraction of sp³-hybridized carbons (Fsp3) is 0.350. The summed E-state index contributed by atoms with van der Waals surface area (Å²) in [5, 5.41) is 3.33. The molecule has 2 rings (SSSR count). The van der Waals surface area contributed by atoms with Crippen LogP contribution in [0.2, 0.25) is 10.0 Å². The van der Waals surface area contributed by atoms with Gasteiger partial charge >= 0.3 is 0 Å². The molecule has 0 fully saturated rings. The van der Waals surface area contributed by atoms with E-state index < -0.39 is 22.0 Å². The third-order valence-electron chi connectivity index (χ3n) is 4.33. The van der Waals surface area contributed by atoms with Crippen LogP contribution < -0.4 is 9.62 Å². The first-order valence-corrected chi connectivity index (χ1v) is 11.5. The largest absolute Gasteiger partial charge is 0.324 e. The summed E-state index contributed by atoms with van der Waals surface area (Å²) < 4.78 is 26.0. The summed E-state index contributed by atoms with van der Waals surface area (Å²) in [6, 6.07) is 11.0. The number of nitrogens with zero attached hydrogens (tertiary/aromatic N) is 1. The first kappa shape index (κ1) is 22.5. The van der Waals surface area contributed by atoms with Gasteiger partial charge in [-0.3, -0.25) is 9.10 Å². The van der Waals surface area contributed by atoms with Crippen molar-refractivity contribution < 1.29 is 13.2 Å². The molecule has 0 unspecified atom stereocenters. The van der Waals surface area contributed by atoms with Crippen LogP contribution in [0.15, 0.2) is 42.5 Å². The van der Waals surface area contributed by atoms with Crippen LogP contribution in [-0.2, 0) is 14.8 Å². The molecule has 0 saturated carbocycles. The molecule has 0 radical (unpaired) electrons. The molecule has 2 aromatic rings. The molecule has 0 aromatic heterocycles. The van der Waals surface area contributed by atoms with Crippen LogP contribution in [0.3, 0.4) is 0 Å². The highest BCUT2D eigenvalue weighted by molar-refractivity contribution is 7.92. The number of benzene rings is 2. The van der Waals surface area contributed by atoms with Crippen molar-refractivity contribution in [3.05, 3.63) is 58.1 Å².